The van der Waals surface area contributed by atoms with Crippen LogP contribution in [0.3, 0.4) is 0 Å². The number of halogens is 3. The summed E-state index contributed by atoms with van der Waals surface area (Å²) in [6, 6.07) is 9.45. The number of hydrogen-bond donors (Lipinski definition) is 1. The van der Waals surface area contributed by atoms with Crippen molar-refractivity contribution in [3.8, 4) is 5.75 Å². The van der Waals surface area contributed by atoms with Gasteiger partial charge in [-0.25, -0.2) is 4.39 Å². The Morgan fingerprint density at radius 3 is 2.55 bits per heavy atom. The quantitative estimate of drug-likeness (QED) is 0.905. The van der Waals surface area contributed by atoms with Gasteiger partial charge in [-0.3, -0.25) is 0 Å². The molecule has 2 aromatic rings. The molecule has 2 nitrogen and oxygen atoms in total. The minimum atomic E-state index is -0.826. The molecule has 0 heterocycles. The highest BCUT2D eigenvalue weighted by atomic mass is 35.5. The lowest BCUT2D eigenvalue weighted by molar-refractivity contribution is 0.178. The Morgan fingerprint density at radius 1 is 1.20 bits per heavy atom. The number of aliphatic hydroxyl groups excluding tert-OH is 1. The van der Waals surface area contributed by atoms with E-state index in [0.717, 1.165) is 0 Å². The van der Waals surface area contributed by atoms with Crippen LogP contribution in [0.1, 0.15) is 17.2 Å². The molecule has 1 N–H and O–H groups in total. The van der Waals surface area contributed by atoms with Crippen molar-refractivity contribution in [2.24, 2.45) is 0 Å². The Kier molecular flexibility index (Phi) is 4.86. The maximum Gasteiger partial charge on any atom is 0.165 e. The molecule has 0 bridgehead atoms. The highest BCUT2D eigenvalue weighted by Crippen LogP contribution is 2.29. The molecule has 0 aliphatic heterocycles. The number of hydrogen-bond acceptors (Lipinski definition) is 2. The number of aliphatic hydroxyl groups is 1. The van der Waals surface area contributed by atoms with Gasteiger partial charge < -0.3 is 9.84 Å². The van der Waals surface area contributed by atoms with Crippen LogP contribution in [0, 0.1) is 5.82 Å². The van der Waals surface area contributed by atoms with Gasteiger partial charge in [0.2, 0.25) is 0 Å². The lowest BCUT2D eigenvalue weighted by Crippen LogP contribution is -2.03. The molecule has 0 fully saturated rings. The van der Waals surface area contributed by atoms with E-state index in [-0.39, 0.29) is 12.2 Å². The van der Waals surface area contributed by atoms with E-state index in [4.69, 9.17) is 27.9 Å². The van der Waals surface area contributed by atoms with Crippen molar-refractivity contribution < 1.29 is 14.2 Å². The maximum absolute atomic E-state index is 13.6. The summed E-state index contributed by atoms with van der Waals surface area (Å²) >= 11 is 11.8. The van der Waals surface area contributed by atoms with Gasteiger partial charge in [0, 0.05) is 16.5 Å². The molecule has 0 aliphatic rings. The summed E-state index contributed by atoms with van der Waals surface area (Å²) in [6.45, 7) is 0. The maximum atomic E-state index is 13.6. The monoisotopic (exact) mass is 314 g/mol. The molecule has 0 aliphatic carbocycles. The Hall–Kier alpha value is -1.29. The average molecular weight is 315 g/mol. The van der Waals surface area contributed by atoms with E-state index in [0.29, 0.717) is 21.2 Å². The third-order valence-electron chi connectivity index (χ3n) is 2.97. The molecular formula is C15H13Cl2FO2. The first-order valence-corrected chi connectivity index (χ1v) is 6.72. The highest BCUT2D eigenvalue weighted by molar-refractivity contribution is 6.35. The Morgan fingerprint density at radius 2 is 1.95 bits per heavy atom. The molecule has 106 valence electrons. The predicted octanol–water partition coefficient (Wildman–Crippen LogP) is 4.42. The number of methoxy groups -OCH3 is 1. The summed E-state index contributed by atoms with van der Waals surface area (Å²) in [5.41, 5.74) is 1.22. The van der Waals surface area contributed by atoms with Gasteiger partial charge in [0.05, 0.1) is 13.2 Å². The zero-order valence-corrected chi connectivity index (χ0v) is 12.2. The molecule has 0 aromatic heterocycles. The minimum Gasteiger partial charge on any atom is -0.494 e. The van der Waals surface area contributed by atoms with Gasteiger partial charge in [0.1, 0.15) is 0 Å². The first-order valence-electron chi connectivity index (χ1n) is 5.96. The van der Waals surface area contributed by atoms with Crippen LogP contribution in [0.4, 0.5) is 4.39 Å². The second kappa shape index (κ2) is 6.44. The fourth-order valence-corrected chi connectivity index (χ4v) is 2.48. The topological polar surface area (TPSA) is 29.5 Å². The third kappa shape index (κ3) is 3.42. The van der Waals surface area contributed by atoms with Gasteiger partial charge in [-0.2, -0.15) is 0 Å². The van der Waals surface area contributed by atoms with Crippen LogP contribution in [-0.2, 0) is 6.42 Å². The normalized spacial score (nSPS) is 12.2. The van der Waals surface area contributed by atoms with Crippen molar-refractivity contribution in [3.63, 3.8) is 0 Å². The van der Waals surface area contributed by atoms with Crippen LogP contribution in [0.2, 0.25) is 10.0 Å². The third-order valence-corrected chi connectivity index (χ3v) is 3.53. The molecule has 0 radical (unpaired) electrons. The summed E-state index contributed by atoms with van der Waals surface area (Å²) < 4.78 is 18.4. The van der Waals surface area contributed by atoms with Crippen LogP contribution < -0.4 is 4.74 Å². The van der Waals surface area contributed by atoms with E-state index in [2.05, 4.69) is 0 Å². The van der Waals surface area contributed by atoms with Crippen LogP contribution in [0.15, 0.2) is 36.4 Å². The smallest absolute Gasteiger partial charge is 0.165 e. The van der Waals surface area contributed by atoms with Crippen LogP contribution >= 0.6 is 23.2 Å². The Balaban J connectivity index is 2.18. The SMILES string of the molecule is COc1ccc(CC(O)c2ccc(Cl)cc2Cl)cc1F. The van der Waals surface area contributed by atoms with Gasteiger partial charge >= 0.3 is 0 Å². The summed E-state index contributed by atoms with van der Waals surface area (Å²) in [4.78, 5) is 0. The molecule has 0 spiro atoms. The lowest BCUT2D eigenvalue weighted by Gasteiger charge is -2.13. The van der Waals surface area contributed by atoms with Crippen LogP contribution in [-0.4, -0.2) is 12.2 Å². The number of rotatable bonds is 4. The summed E-state index contributed by atoms with van der Waals surface area (Å²) in [5, 5.41) is 11.1. The largest absolute Gasteiger partial charge is 0.494 e. The van der Waals surface area contributed by atoms with E-state index in [9.17, 15) is 9.50 Å². The molecule has 5 heteroatoms. The van der Waals surface area contributed by atoms with Crippen LogP contribution in [0.25, 0.3) is 0 Å². The number of benzene rings is 2. The molecular weight excluding hydrogens is 302 g/mol. The zero-order valence-electron chi connectivity index (χ0n) is 10.7. The molecule has 0 saturated heterocycles. The van der Waals surface area contributed by atoms with E-state index in [1.54, 1.807) is 24.3 Å². The van der Waals surface area contributed by atoms with Crippen molar-refractivity contribution >= 4 is 23.2 Å². The highest BCUT2D eigenvalue weighted by Gasteiger charge is 2.14. The summed E-state index contributed by atoms with van der Waals surface area (Å²) in [7, 11) is 1.40. The van der Waals surface area contributed by atoms with E-state index in [1.807, 2.05) is 0 Å². The van der Waals surface area contributed by atoms with Crippen molar-refractivity contribution in [2.75, 3.05) is 7.11 Å². The zero-order chi connectivity index (χ0) is 14.7. The van der Waals surface area contributed by atoms with E-state index >= 15 is 0 Å². The first-order chi connectivity index (χ1) is 9.51. The van der Waals surface area contributed by atoms with E-state index in [1.165, 1.54) is 19.2 Å². The Bertz CT molecular complexity index is 617. The van der Waals surface area contributed by atoms with Crippen molar-refractivity contribution in [1.29, 1.82) is 0 Å². The summed E-state index contributed by atoms with van der Waals surface area (Å²) in [6.07, 6.45) is -0.574. The van der Waals surface area contributed by atoms with Crippen molar-refractivity contribution in [2.45, 2.75) is 12.5 Å². The fourth-order valence-electron chi connectivity index (χ4n) is 1.94. The molecule has 0 saturated carbocycles. The second-order valence-electron chi connectivity index (χ2n) is 4.35. The molecule has 20 heavy (non-hydrogen) atoms. The average Bonchev–Trinajstić information content (AvgIpc) is 2.38. The van der Waals surface area contributed by atoms with E-state index < -0.39 is 11.9 Å². The predicted molar refractivity (Wildman–Crippen MR) is 78.1 cm³/mol. The minimum absolute atomic E-state index is 0.174. The fraction of sp³-hybridized carbons (Fsp3) is 0.200. The van der Waals surface area contributed by atoms with Crippen molar-refractivity contribution in [1.82, 2.24) is 0 Å². The van der Waals surface area contributed by atoms with Gasteiger partial charge in [-0.15, -0.1) is 0 Å². The van der Waals surface area contributed by atoms with Gasteiger partial charge in [0.15, 0.2) is 11.6 Å². The molecule has 2 aromatic carbocycles. The van der Waals surface area contributed by atoms with Crippen LogP contribution in [0.5, 0.6) is 5.75 Å². The molecule has 2 rings (SSSR count). The second-order valence-corrected chi connectivity index (χ2v) is 5.20. The van der Waals surface area contributed by atoms with Gasteiger partial charge in [-0.05, 0) is 35.4 Å². The molecule has 1 unspecified atom stereocenters. The first kappa shape index (κ1) is 15.1. The summed E-state index contributed by atoms with van der Waals surface area (Å²) in [5.74, 6) is -0.285. The standard InChI is InChI=1S/C15H13Cl2FO2/c1-20-15-5-2-9(6-13(15)18)7-14(19)11-4-3-10(16)8-12(11)17/h2-6,8,14,19H,7H2,1H3. The molecule has 0 amide bonds. The molecule has 1 atom stereocenters. The Labute approximate surface area is 126 Å². The lowest BCUT2D eigenvalue weighted by atomic mass is 10.0. The van der Waals surface area contributed by atoms with Gasteiger partial charge in [-0.1, -0.05) is 35.3 Å². The van der Waals surface area contributed by atoms with Gasteiger partial charge in [0.25, 0.3) is 0 Å². The van der Waals surface area contributed by atoms with Crippen molar-refractivity contribution in [3.05, 3.63) is 63.4 Å². The number of ether oxygens (including phenoxy) is 1.